The molecule has 0 aliphatic heterocycles. The minimum Gasteiger partial charge on any atom is -0.481 e. The number of rotatable bonds is 4. The van der Waals surface area contributed by atoms with E-state index in [0.717, 1.165) is 6.42 Å². The summed E-state index contributed by atoms with van der Waals surface area (Å²) in [5.41, 5.74) is 5.80. The summed E-state index contributed by atoms with van der Waals surface area (Å²) < 4.78 is 0. The quantitative estimate of drug-likeness (QED) is 0.789. The number of carboxylic acids is 1. The van der Waals surface area contributed by atoms with Gasteiger partial charge in [0, 0.05) is 11.6 Å². The van der Waals surface area contributed by atoms with Crippen molar-refractivity contribution in [2.45, 2.75) is 25.7 Å². The second-order valence-corrected chi connectivity index (χ2v) is 5.85. The highest BCUT2D eigenvalue weighted by molar-refractivity contribution is 6.34. The van der Waals surface area contributed by atoms with Crippen LogP contribution in [0, 0.1) is 11.8 Å². The molecular weight excluding hydrogens is 308 g/mol. The molecule has 0 heterocycles. The van der Waals surface area contributed by atoms with Crippen LogP contribution in [0.15, 0.2) is 18.2 Å². The zero-order valence-corrected chi connectivity index (χ0v) is 12.6. The topological polar surface area (TPSA) is 109 Å². The number of benzene rings is 1. The van der Waals surface area contributed by atoms with Gasteiger partial charge in [-0.1, -0.05) is 18.0 Å². The Hall–Kier alpha value is -2.08. The lowest BCUT2D eigenvalue weighted by atomic mass is 9.81. The maximum atomic E-state index is 12.2. The van der Waals surface area contributed by atoms with E-state index in [1.807, 2.05) is 0 Å². The van der Waals surface area contributed by atoms with Gasteiger partial charge < -0.3 is 16.2 Å². The van der Waals surface area contributed by atoms with Crippen LogP contribution >= 0.6 is 11.6 Å². The molecule has 22 heavy (non-hydrogen) atoms. The highest BCUT2D eigenvalue weighted by atomic mass is 35.5. The lowest BCUT2D eigenvalue weighted by Gasteiger charge is -2.25. The van der Waals surface area contributed by atoms with E-state index in [-0.39, 0.29) is 22.4 Å². The smallest absolute Gasteiger partial charge is 0.306 e. The van der Waals surface area contributed by atoms with Crippen molar-refractivity contribution >= 4 is 35.1 Å². The summed E-state index contributed by atoms with van der Waals surface area (Å²) in [5, 5.41) is 11.9. The van der Waals surface area contributed by atoms with Crippen LogP contribution in [-0.2, 0) is 9.59 Å². The summed E-state index contributed by atoms with van der Waals surface area (Å²) in [6.07, 6.45) is 2.34. The monoisotopic (exact) mass is 324 g/mol. The Balaban J connectivity index is 2.04. The van der Waals surface area contributed by atoms with E-state index in [0.29, 0.717) is 24.9 Å². The van der Waals surface area contributed by atoms with E-state index in [1.165, 1.54) is 12.1 Å². The normalized spacial score (nSPS) is 21.1. The number of amides is 2. The van der Waals surface area contributed by atoms with Crippen LogP contribution in [0.1, 0.15) is 36.0 Å². The first-order valence-electron chi connectivity index (χ1n) is 7.01. The number of carbonyl (C=O) groups excluding carboxylic acids is 2. The number of nitrogens with two attached hydrogens (primary N) is 1. The molecule has 7 heteroatoms. The largest absolute Gasteiger partial charge is 0.481 e. The molecular formula is C15H17ClN2O4. The van der Waals surface area contributed by atoms with Gasteiger partial charge in [-0.05, 0) is 37.5 Å². The molecule has 2 rings (SSSR count). The summed E-state index contributed by atoms with van der Waals surface area (Å²) in [6.45, 7) is 0. The van der Waals surface area contributed by atoms with Crippen molar-refractivity contribution in [3.8, 4) is 0 Å². The van der Waals surface area contributed by atoms with Crippen LogP contribution in [0.25, 0.3) is 0 Å². The molecule has 1 aliphatic carbocycles. The Kier molecular flexibility index (Phi) is 5.03. The molecule has 6 nitrogen and oxygen atoms in total. The zero-order chi connectivity index (χ0) is 16.3. The number of halogens is 1. The van der Waals surface area contributed by atoms with Gasteiger partial charge in [-0.15, -0.1) is 0 Å². The molecule has 1 fully saturated rings. The third-order valence-corrected chi connectivity index (χ3v) is 4.21. The van der Waals surface area contributed by atoms with Crippen LogP contribution in [0.3, 0.4) is 0 Å². The van der Waals surface area contributed by atoms with E-state index < -0.39 is 17.8 Å². The Labute approximate surface area is 132 Å². The number of nitrogens with one attached hydrogen (secondary N) is 1. The minimum absolute atomic E-state index is 0.164. The number of carboxylic acid groups (broad SMARTS) is 1. The van der Waals surface area contributed by atoms with Crippen molar-refractivity contribution in [3.63, 3.8) is 0 Å². The van der Waals surface area contributed by atoms with E-state index in [2.05, 4.69) is 5.32 Å². The van der Waals surface area contributed by atoms with E-state index >= 15 is 0 Å². The van der Waals surface area contributed by atoms with Gasteiger partial charge >= 0.3 is 5.97 Å². The third kappa shape index (κ3) is 3.76. The lowest BCUT2D eigenvalue weighted by Crippen LogP contribution is -2.30. The molecule has 0 bridgehead atoms. The van der Waals surface area contributed by atoms with Gasteiger partial charge in [0.15, 0.2) is 0 Å². The lowest BCUT2D eigenvalue weighted by molar-refractivity contribution is -0.143. The molecule has 0 radical (unpaired) electrons. The predicted octanol–water partition coefficient (Wildman–Crippen LogP) is 2.27. The standard InChI is InChI=1S/C15H17ClN2O4/c16-12-7-10(4-5-11(12)13(17)19)18-14(20)8-2-1-3-9(6-8)15(21)22/h4-5,7-9H,1-3,6H2,(H2,17,19)(H,18,20)(H,21,22). The van der Waals surface area contributed by atoms with Gasteiger partial charge in [0.1, 0.15) is 0 Å². The van der Waals surface area contributed by atoms with Gasteiger partial charge in [-0.2, -0.15) is 0 Å². The SMILES string of the molecule is NC(=O)c1ccc(NC(=O)C2CCCC(C(=O)O)C2)cc1Cl. The minimum atomic E-state index is -0.855. The van der Waals surface area contributed by atoms with Crippen molar-refractivity contribution in [2.24, 2.45) is 17.6 Å². The molecule has 0 saturated heterocycles. The molecule has 0 spiro atoms. The number of primary amides is 1. The molecule has 1 saturated carbocycles. The van der Waals surface area contributed by atoms with Gasteiger partial charge in [-0.3, -0.25) is 14.4 Å². The molecule has 2 amide bonds. The van der Waals surface area contributed by atoms with Crippen molar-refractivity contribution in [1.82, 2.24) is 0 Å². The van der Waals surface area contributed by atoms with Gasteiger partial charge in [-0.25, -0.2) is 0 Å². The molecule has 0 aromatic heterocycles. The highest BCUT2D eigenvalue weighted by Gasteiger charge is 2.31. The Morgan fingerprint density at radius 2 is 1.91 bits per heavy atom. The zero-order valence-electron chi connectivity index (χ0n) is 11.8. The van der Waals surface area contributed by atoms with Crippen LogP contribution in [0.4, 0.5) is 5.69 Å². The predicted molar refractivity (Wildman–Crippen MR) is 81.7 cm³/mol. The summed E-state index contributed by atoms with van der Waals surface area (Å²) >= 11 is 5.93. The van der Waals surface area contributed by atoms with Crippen molar-refractivity contribution in [2.75, 3.05) is 5.32 Å². The van der Waals surface area contributed by atoms with Gasteiger partial charge in [0.25, 0.3) is 0 Å². The summed E-state index contributed by atoms with van der Waals surface area (Å²) in [7, 11) is 0. The van der Waals surface area contributed by atoms with Crippen molar-refractivity contribution < 1.29 is 19.5 Å². The first-order valence-corrected chi connectivity index (χ1v) is 7.39. The van der Waals surface area contributed by atoms with Gasteiger partial charge in [0.2, 0.25) is 11.8 Å². The second kappa shape index (κ2) is 6.79. The third-order valence-electron chi connectivity index (χ3n) is 3.90. The fourth-order valence-corrected chi connectivity index (χ4v) is 2.96. The maximum Gasteiger partial charge on any atom is 0.306 e. The van der Waals surface area contributed by atoms with Crippen LogP contribution < -0.4 is 11.1 Å². The van der Waals surface area contributed by atoms with Crippen molar-refractivity contribution in [1.29, 1.82) is 0 Å². The van der Waals surface area contributed by atoms with Crippen LogP contribution in [0.5, 0.6) is 0 Å². The fraction of sp³-hybridized carbons (Fsp3) is 0.400. The van der Waals surface area contributed by atoms with Crippen LogP contribution in [0.2, 0.25) is 5.02 Å². The summed E-state index contributed by atoms with van der Waals surface area (Å²) in [6, 6.07) is 4.44. The first kappa shape index (κ1) is 16.3. The average molecular weight is 325 g/mol. The maximum absolute atomic E-state index is 12.2. The first-order chi connectivity index (χ1) is 10.4. The summed E-state index contributed by atoms with van der Waals surface area (Å²) in [4.78, 5) is 34.4. The molecule has 2 atom stereocenters. The molecule has 2 unspecified atom stereocenters. The van der Waals surface area contributed by atoms with Gasteiger partial charge in [0.05, 0.1) is 16.5 Å². The Morgan fingerprint density at radius 1 is 1.23 bits per heavy atom. The van der Waals surface area contributed by atoms with E-state index in [4.69, 9.17) is 22.4 Å². The number of carbonyl (C=O) groups is 3. The van der Waals surface area contributed by atoms with Crippen molar-refractivity contribution in [3.05, 3.63) is 28.8 Å². The number of aliphatic carboxylic acids is 1. The number of hydrogen-bond acceptors (Lipinski definition) is 3. The van der Waals surface area contributed by atoms with Crippen LogP contribution in [-0.4, -0.2) is 22.9 Å². The second-order valence-electron chi connectivity index (χ2n) is 5.45. The molecule has 1 aromatic rings. The Morgan fingerprint density at radius 3 is 2.50 bits per heavy atom. The average Bonchev–Trinajstić information content (AvgIpc) is 2.47. The fourth-order valence-electron chi connectivity index (χ4n) is 2.69. The molecule has 1 aromatic carbocycles. The number of hydrogen-bond donors (Lipinski definition) is 3. The molecule has 1 aliphatic rings. The molecule has 4 N–H and O–H groups in total. The highest BCUT2D eigenvalue weighted by Crippen LogP contribution is 2.30. The number of anilines is 1. The Bertz CT molecular complexity index is 618. The summed E-state index contributed by atoms with van der Waals surface area (Å²) in [5.74, 6) is -2.52. The molecule has 118 valence electrons. The van der Waals surface area contributed by atoms with E-state index in [9.17, 15) is 14.4 Å². The van der Waals surface area contributed by atoms with E-state index in [1.54, 1.807) is 6.07 Å².